The molecule has 0 bridgehead atoms. The molecule has 2 aromatic carbocycles. The largest absolute Gasteiger partial charge is 0.496 e. The molecule has 15 heteroatoms. The van der Waals surface area contributed by atoms with E-state index in [-0.39, 0.29) is 31.2 Å². The van der Waals surface area contributed by atoms with Crippen LogP contribution in [0.5, 0.6) is 11.5 Å². The highest BCUT2D eigenvalue weighted by Gasteiger charge is 2.63. The number of ether oxygens (including phenoxy) is 2. The number of nitrogens with one attached hydrogen (secondary N) is 2. The minimum atomic E-state index is -3.99. The Morgan fingerprint density at radius 2 is 1.87 bits per heavy atom. The fourth-order valence-corrected chi connectivity index (χ4v) is 11.0. The molecule has 3 amide bonds. The lowest BCUT2D eigenvalue weighted by Crippen LogP contribution is -2.57. The number of sulfonamides is 1. The van der Waals surface area contributed by atoms with Crippen LogP contribution in [0, 0.1) is 30.1 Å². The van der Waals surface area contributed by atoms with Crippen LogP contribution in [0.15, 0.2) is 60.0 Å². The molecule has 8 rings (SSSR count). The predicted octanol–water partition coefficient (Wildman–Crippen LogP) is 7.27. The van der Waals surface area contributed by atoms with Gasteiger partial charge >= 0.3 is 0 Å². The van der Waals surface area contributed by atoms with Gasteiger partial charge in [-0.2, -0.15) is 5.26 Å². The number of aryl methyl sites for hydroxylation is 1. The van der Waals surface area contributed by atoms with Gasteiger partial charge in [0.15, 0.2) is 0 Å². The monoisotopic (exact) mass is 878 g/mol. The van der Waals surface area contributed by atoms with E-state index in [1.807, 2.05) is 54.8 Å². The van der Waals surface area contributed by atoms with E-state index in [9.17, 15) is 23.3 Å². The number of nitrogens with zero attached hydrogens (tertiary/aromatic N) is 4. The molecule has 5 atom stereocenters. The second-order valence-electron chi connectivity index (χ2n) is 17.9. The average Bonchev–Trinajstić information content (AvgIpc) is 4.02. The molecule has 4 aliphatic rings. The van der Waals surface area contributed by atoms with Gasteiger partial charge in [-0.3, -0.25) is 19.1 Å². The van der Waals surface area contributed by atoms with Crippen molar-refractivity contribution in [1.82, 2.24) is 24.9 Å². The van der Waals surface area contributed by atoms with Crippen LogP contribution in [-0.2, 0) is 30.8 Å². The molecule has 0 radical (unpaired) electrons. The van der Waals surface area contributed by atoms with E-state index in [0.29, 0.717) is 54.0 Å². The van der Waals surface area contributed by atoms with Crippen molar-refractivity contribution in [1.29, 1.82) is 5.26 Å². The van der Waals surface area contributed by atoms with Gasteiger partial charge in [0.25, 0.3) is 5.91 Å². The molecule has 0 spiro atoms. The Morgan fingerprint density at radius 3 is 2.56 bits per heavy atom. The molecular weight excluding hydrogens is 825 g/mol. The highest BCUT2D eigenvalue weighted by atomic mass is 32.2. The van der Waals surface area contributed by atoms with Crippen LogP contribution >= 0.6 is 11.3 Å². The van der Waals surface area contributed by atoms with E-state index in [0.717, 1.165) is 52.9 Å². The number of rotatable bonds is 10. The number of amides is 3. The SMILES string of the molecule is COc1ccc2c(O[C@@H]3C[C@H]4C(=O)N[C@]5(C(=O)NS(=O)(=O)C6(C)CC6)C[C@H]5/C=C\CCCCC[C@H](Cc5ccc(C#N)cc5)C(=O)N4C3)cc(-c3nc(C(C)C)cs3)nc2c1C. The molecule has 3 fully saturated rings. The van der Waals surface area contributed by atoms with E-state index in [4.69, 9.17) is 19.4 Å². The number of pyridine rings is 1. The van der Waals surface area contributed by atoms with E-state index in [1.165, 1.54) is 11.3 Å². The third-order valence-corrected chi connectivity index (χ3v) is 16.2. The van der Waals surface area contributed by atoms with E-state index in [2.05, 4.69) is 30.0 Å². The molecule has 326 valence electrons. The number of nitriles is 1. The Labute approximate surface area is 367 Å². The maximum atomic E-state index is 15.0. The van der Waals surface area contributed by atoms with Gasteiger partial charge in [-0.15, -0.1) is 11.3 Å². The van der Waals surface area contributed by atoms with E-state index >= 15 is 4.79 Å². The number of hydrogen-bond acceptors (Lipinski definition) is 11. The number of carbonyl (C=O) groups excluding carboxylic acids is 3. The van der Waals surface area contributed by atoms with Gasteiger partial charge in [0, 0.05) is 40.7 Å². The van der Waals surface area contributed by atoms with Crippen molar-refractivity contribution < 1.29 is 32.3 Å². The molecule has 1 saturated heterocycles. The lowest BCUT2D eigenvalue weighted by Gasteiger charge is -2.30. The van der Waals surface area contributed by atoms with Gasteiger partial charge in [0.05, 0.1) is 41.2 Å². The number of carbonyl (C=O) groups is 3. The number of aromatic nitrogens is 2. The molecular formula is C47H54N6O7S2. The molecule has 2 saturated carbocycles. The molecule has 4 heterocycles. The summed E-state index contributed by atoms with van der Waals surface area (Å²) in [5.74, 6) is -0.970. The molecule has 4 aromatic rings. The summed E-state index contributed by atoms with van der Waals surface area (Å²) in [5, 5.41) is 15.9. The Bertz CT molecular complexity index is 2580. The van der Waals surface area contributed by atoms with Crippen molar-refractivity contribution >= 4 is 50.0 Å². The standard InChI is InChI=1S/C47H54N6O7S2/c1-28(2)37-27-61-43(50-37)36-23-40(35-17-18-39(59-5)29(3)41(35)49-36)60-34-22-38-42(54)51-47(45(56)52-62(57,58)46(4)19-20-46)24-33(47)12-10-8-6-7-9-11-32(44(55)53(38)26-34)21-30-13-15-31(25-48)16-14-30/h10,12-18,23,27-28,32-34,38H,6-9,11,19-22,24,26H2,1-5H3,(H,51,54)(H,52,56)/b12-10-/t32-,33-,34-,38+,47-/m1/s1. The summed E-state index contributed by atoms with van der Waals surface area (Å²) >= 11 is 1.50. The highest BCUT2D eigenvalue weighted by Crippen LogP contribution is 2.48. The molecule has 13 nitrogen and oxygen atoms in total. The summed E-state index contributed by atoms with van der Waals surface area (Å²) in [4.78, 5) is 55.4. The summed E-state index contributed by atoms with van der Waals surface area (Å²) in [6.45, 7) is 7.83. The first-order valence-electron chi connectivity index (χ1n) is 21.6. The maximum Gasteiger partial charge on any atom is 0.259 e. The fourth-order valence-electron chi connectivity index (χ4n) is 8.73. The van der Waals surface area contributed by atoms with E-state index < -0.39 is 56.1 Å². The Kier molecular flexibility index (Phi) is 11.9. The normalized spacial score (nSPS) is 25.4. The second-order valence-corrected chi connectivity index (χ2v) is 21.0. The van der Waals surface area contributed by atoms with Gasteiger partial charge in [-0.25, -0.2) is 18.4 Å². The first-order valence-corrected chi connectivity index (χ1v) is 24.0. The minimum Gasteiger partial charge on any atom is -0.496 e. The molecule has 2 aromatic heterocycles. The third-order valence-electron chi connectivity index (χ3n) is 13.1. The minimum absolute atomic E-state index is 0.0963. The summed E-state index contributed by atoms with van der Waals surface area (Å²) in [7, 11) is -2.38. The first kappa shape index (κ1) is 43.3. The number of benzene rings is 2. The first-order chi connectivity index (χ1) is 29.6. The molecule has 2 aliphatic carbocycles. The van der Waals surface area contributed by atoms with Crippen molar-refractivity contribution in [2.75, 3.05) is 13.7 Å². The van der Waals surface area contributed by atoms with Crippen molar-refractivity contribution in [3.8, 4) is 28.3 Å². The molecule has 62 heavy (non-hydrogen) atoms. The second kappa shape index (κ2) is 17.1. The lowest BCUT2D eigenvalue weighted by molar-refractivity contribution is -0.142. The van der Waals surface area contributed by atoms with Crippen LogP contribution in [0.2, 0.25) is 0 Å². The van der Waals surface area contributed by atoms with Crippen LogP contribution in [0.1, 0.15) is 107 Å². The Morgan fingerprint density at radius 1 is 1.10 bits per heavy atom. The lowest BCUT2D eigenvalue weighted by atomic mass is 9.91. The Balaban J connectivity index is 1.15. The average molecular weight is 879 g/mol. The molecule has 2 aliphatic heterocycles. The van der Waals surface area contributed by atoms with Crippen molar-refractivity contribution in [2.24, 2.45) is 11.8 Å². The predicted molar refractivity (Wildman–Crippen MR) is 237 cm³/mol. The number of thiazole rings is 1. The van der Waals surface area contributed by atoms with Gasteiger partial charge in [-0.1, -0.05) is 51.0 Å². The van der Waals surface area contributed by atoms with Crippen LogP contribution in [0.3, 0.4) is 0 Å². The van der Waals surface area contributed by atoms with Crippen LogP contribution in [0.25, 0.3) is 21.6 Å². The fraction of sp³-hybridized carbons (Fsp3) is 0.489. The number of hydrogen-bond donors (Lipinski definition) is 2. The zero-order chi connectivity index (χ0) is 44.0. The topological polar surface area (TPSA) is 181 Å². The molecule has 0 unspecified atom stereocenters. The summed E-state index contributed by atoms with van der Waals surface area (Å²) < 4.78 is 40.5. The summed E-state index contributed by atoms with van der Waals surface area (Å²) in [5.41, 5.74) is 3.03. The number of allylic oxidation sites excluding steroid dienone is 1. The zero-order valence-electron chi connectivity index (χ0n) is 35.9. The third kappa shape index (κ3) is 8.56. The van der Waals surface area contributed by atoms with Gasteiger partial charge in [0.2, 0.25) is 21.8 Å². The number of methoxy groups -OCH3 is 1. The molecule has 2 N–H and O–H groups in total. The van der Waals surface area contributed by atoms with Gasteiger partial charge in [-0.05, 0) is 94.5 Å². The van der Waals surface area contributed by atoms with Crippen molar-refractivity contribution in [2.45, 2.75) is 120 Å². The smallest absolute Gasteiger partial charge is 0.259 e. The van der Waals surface area contributed by atoms with E-state index in [1.54, 1.807) is 31.1 Å². The number of fused-ring (bicyclic) bond motifs is 3. The quantitative estimate of drug-likeness (QED) is 0.154. The maximum absolute atomic E-state index is 15.0. The Hall–Kier alpha value is -5.33. The zero-order valence-corrected chi connectivity index (χ0v) is 37.5. The summed E-state index contributed by atoms with van der Waals surface area (Å²) in [6, 6.07) is 14.0. The van der Waals surface area contributed by atoms with Crippen molar-refractivity contribution in [3.63, 3.8) is 0 Å². The highest BCUT2D eigenvalue weighted by molar-refractivity contribution is 7.91. The summed E-state index contributed by atoms with van der Waals surface area (Å²) in [6.07, 6.45) is 8.84. The van der Waals surface area contributed by atoms with Gasteiger partial charge < -0.3 is 19.7 Å². The van der Waals surface area contributed by atoms with Crippen LogP contribution in [-0.4, -0.2) is 77.1 Å². The van der Waals surface area contributed by atoms with Crippen LogP contribution in [0.4, 0.5) is 0 Å². The van der Waals surface area contributed by atoms with Gasteiger partial charge in [0.1, 0.15) is 39.9 Å². The van der Waals surface area contributed by atoms with Crippen molar-refractivity contribution in [3.05, 3.63) is 82.4 Å². The van der Waals surface area contributed by atoms with Crippen LogP contribution < -0.4 is 19.5 Å².